The molecular formula is C27H26N6O3S. The van der Waals surface area contributed by atoms with Gasteiger partial charge < -0.3 is 19.5 Å². The van der Waals surface area contributed by atoms with E-state index in [4.69, 9.17) is 17.0 Å². The van der Waals surface area contributed by atoms with Crippen LogP contribution in [0.4, 0.5) is 5.69 Å². The predicted molar refractivity (Wildman–Crippen MR) is 144 cm³/mol. The molecule has 0 amide bonds. The van der Waals surface area contributed by atoms with Crippen LogP contribution in [0.2, 0.25) is 0 Å². The summed E-state index contributed by atoms with van der Waals surface area (Å²) in [5, 5.41) is 15.5. The number of non-ortho nitro benzene ring substituents is 1. The molecule has 0 saturated carbocycles. The molecule has 0 spiro atoms. The quantitative estimate of drug-likeness (QED) is 0.210. The highest BCUT2D eigenvalue weighted by molar-refractivity contribution is 7.80. The molecule has 1 aliphatic heterocycles. The first kappa shape index (κ1) is 24.4. The van der Waals surface area contributed by atoms with Gasteiger partial charge in [-0.2, -0.15) is 0 Å². The zero-order chi connectivity index (χ0) is 26.1. The highest BCUT2D eigenvalue weighted by Crippen LogP contribution is 2.43. The maximum atomic E-state index is 11.3. The van der Waals surface area contributed by atoms with Gasteiger partial charge in [0, 0.05) is 42.6 Å². The van der Waals surface area contributed by atoms with Gasteiger partial charge in [-0.3, -0.25) is 20.1 Å². The Bertz CT molecular complexity index is 1460. The minimum absolute atomic E-state index is 0.0210. The van der Waals surface area contributed by atoms with Gasteiger partial charge in [-0.25, -0.2) is 0 Å². The normalized spacial score (nSPS) is 17.1. The van der Waals surface area contributed by atoms with Gasteiger partial charge in [0.2, 0.25) is 0 Å². The van der Waals surface area contributed by atoms with Gasteiger partial charge in [0.15, 0.2) is 5.11 Å². The van der Waals surface area contributed by atoms with Crippen molar-refractivity contribution in [2.24, 2.45) is 0 Å². The number of rotatable bonds is 7. The maximum Gasteiger partial charge on any atom is 0.273 e. The molecule has 5 rings (SSSR count). The number of aryl methyl sites for hydroxylation is 1. The monoisotopic (exact) mass is 514 g/mol. The van der Waals surface area contributed by atoms with Gasteiger partial charge in [0.05, 0.1) is 41.6 Å². The van der Waals surface area contributed by atoms with E-state index in [1.54, 1.807) is 24.7 Å². The van der Waals surface area contributed by atoms with Crippen molar-refractivity contribution in [2.75, 3.05) is 7.11 Å². The number of benzene rings is 1. The minimum atomic E-state index is -0.424. The van der Waals surface area contributed by atoms with Crippen LogP contribution in [0.5, 0.6) is 5.75 Å². The minimum Gasteiger partial charge on any atom is -0.494 e. The van der Waals surface area contributed by atoms with Gasteiger partial charge in [0.1, 0.15) is 5.75 Å². The summed E-state index contributed by atoms with van der Waals surface area (Å²) >= 11 is 5.83. The molecule has 2 atom stereocenters. The van der Waals surface area contributed by atoms with Crippen LogP contribution in [0.25, 0.3) is 5.69 Å². The second-order valence-electron chi connectivity index (χ2n) is 8.89. The van der Waals surface area contributed by atoms with E-state index in [1.165, 1.54) is 19.2 Å². The highest BCUT2D eigenvalue weighted by atomic mass is 32.1. The average Bonchev–Trinajstić information content (AvgIpc) is 3.39. The molecule has 37 heavy (non-hydrogen) atoms. The van der Waals surface area contributed by atoms with Crippen molar-refractivity contribution < 1.29 is 9.66 Å². The first-order valence-corrected chi connectivity index (χ1v) is 12.2. The fraction of sp³-hybridized carbons (Fsp3) is 0.222. The van der Waals surface area contributed by atoms with Crippen molar-refractivity contribution in [2.45, 2.75) is 32.5 Å². The number of nitrogens with zero attached hydrogens (tertiary/aromatic N) is 5. The number of thiocarbonyl (C=S) groups is 1. The second-order valence-corrected chi connectivity index (χ2v) is 9.27. The van der Waals surface area contributed by atoms with Crippen LogP contribution in [0, 0.1) is 24.0 Å². The Morgan fingerprint density at radius 3 is 2.57 bits per heavy atom. The van der Waals surface area contributed by atoms with E-state index in [1.807, 2.05) is 44.2 Å². The van der Waals surface area contributed by atoms with Crippen molar-refractivity contribution in [3.8, 4) is 11.4 Å². The molecule has 0 aliphatic carbocycles. The Hall–Kier alpha value is -4.31. The lowest BCUT2D eigenvalue weighted by atomic mass is 9.96. The van der Waals surface area contributed by atoms with Crippen LogP contribution in [0.15, 0.2) is 73.2 Å². The fourth-order valence-electron chi connectivity index (χ4n) is 5.02. The molecule has 1 N–H and O–H groups in total. The van der Waals surface area contributed by atoms with Crippen LogP contribution in [0.3, 0.4) is 0 Å². The number of pyridine rings is 2. The van der Waals surface area contributed by atoms with Crippen LogP contribution < -0.4 is 10.1 Å². The molecule has 1 fully saturated rings. The lowest BCUT2D eigenvalue weighted by Crippen LogP contribution is -2.29. The summed E-state index contributed by atoms with van der Waals surface area (Å²) in [6, 6.07) is 16.4. The summed E-state index contributed by atoms with van der Waals surface area (Å²) in [4.78, 5) is 21.9. The molecule has 1 saturated heterocycles. The van der Waals surface area contributed by atoms with Crippen LogP contribution in [-0.4, -0.2) is 36.6 Å². The first-order chi connectivity index (χ1) is 17.9. The van der Waals surface area contributed by atoms with Crippen LogP contribution in [0.1, 0.15) is 40.3 Å². The predicted octanol–water partition coefficient (Wildman–Crippen LogP) is 4.97. The van der Waals surface area contributed by atoms with E-state index >= 15 is 0 Å². The molecule has 0 unspecified atom stereocenters. The lowest BCUT2D eigenvalue weighted by Gasteiger charge is -2.28. The summed E-state index contributed by atoms with van der Waals surface area (Å²) in [5.41, 5.74) is 5.74. The Labute approximate surface area is 219 Å². The van der Waals surface area contributed by atoms with Gasteiger partial charge in [-0.05, 0) is 73.6 Å². The number of hydrogen-bond donors (Lipinski definition) is 1. The van der Waals surface area contributed by atoms with Crippen molar-refractivity contribution >= 4 is 23.0 Å². The number of hydrogen-bond acceptors (Lipinski definition) is 6. The molecule has 4 heterocycles. The molecule has 0 radical (unpaired) electrons. The number of nitro groups is 1. The molecule has 4 aromatic rings. The van der Waals surface area contributed by atoms with E-state index < -0.39 is 4.92 Å². The topological polar surface area (TPSA) is 98.3 Å². The van der Waals surface area contributed by atoms with Crippen molar-refractivity contribution in [1.29, 1.82) is 0 Å². The van der Waals surface area contributed by atoms with E-state index in [0.717, 1.165) is 33.9 Å². The third kappa shape index (κ3) is 4.51. The third-order valence-electron chi connectivity index (χ3n) is 6.70. The first-order valence-electron chi connectivity index (χ1n) is 11.8. The SMILES string of the molecule is COc1cc([N+](=O)[O-])ccc1-n1c(C)cc([C@H]2[C@H](c3ccccn3)NC(=S)N2Cc2ccncc2)c1C. The summed E-state index contributed by atoms with van der Waals surface area (Å²) in [6.07, 6.45) is 5.34. The van der Waals surface area contributed by atoms with E-state index in [0.29, 0.717) is 17.4 Å². The van der Waals surface area contributed by atoms with E-state index in [-0.39, 0.29) is 17.8 Å². The zero-order valence-electron chi connectivity index (χ0n) is 20.7. The van der Waals surface area contributed by atoms with E-state index in [9.17, 15) is 10.1 Å². The molecular weight excluding hydrogens is 488 g/mol. The number of ether oxygens (including phenoxy) is 1. The second kappa shape index (κ2) is 9.98. The molecule has 1 aliphatic rings. The lowest BCUT2D eigenvalue weighted by molar-refractivity contribution is -0.384. The highest BCUT2D eigenvalue weighted by Gasteiger charge is 2.41. The molecule has 10 heteroatoms. The zero-order valence-corrected chi connectivity index (χ0v) is 21.5. The standard InChI is InChI=1S/C27H26N6O3S/c1-17-14-21(18(2)32(17)23-8-7-20(33(34)35)15-24(23)36-3)26-25(22-6-4-5-11-29-22)30-27(37)31(26)16-19-9-12-28-13-10-19/h4-15,25-26H,16H2,1-3H3,(H,30,37)/t25-,26-/m0/s1. The van der Waals surface area contributed by atoms with Gasteiger partial charge in [-0.15, -0.1) is 0 Å². The summed E-state index contributed by atoms with van der Waals surface area (Å²) in [6.45, 7) is 4.67. The largest absolute Gasteiger partial charge is 0.494 e. The Morgan fingerprint density at radius 2 is 1.89 bits per heavy atom. The molecule has 188 valence electrons. The summed E-state index contributed by atoms with van der Waals surface area (Å²) in [5.74, 6) is 0.428. The Kier molecular flexibility index (Phi) is 6.58. The van der Waals surface area contributed by atoms with Gasteiger partial charge in [0.25, 0.3) is 5.69 Å². The van der Waals surface area contributed by atoms with Crippen LogP contribution in [-0.2, 0) is 6.54 Å². The number of nitrogens with one attached hydrogen (secondary N) is 1. The average molecular weight is 515 g/mol. The smallest absolute Gasteiger partial charge is 0.273 e. The number of methoxy groups -OCH3 is 1. The van der Waals surface area contributed by atoms with Gasteiger partial charge in [-0.1, -0.05) is 6.07 Å². The summed E-state index contributed by atoms with van der Waals surface area (Å²) < 4.78 is 7.63. The molecule has 1 aromatic carbocycles. The molecule has 0 bridgehead atoms. The van der Waals surface area contributed by atoms with E-state index in [2.05, 4.69) is 30.8 Å². The third-order valence-corrected chi connectivity index (χ3v) is 7.06. The van der Waals surface area contributed by atoms with Gasteiger partial charge >= 0.3 is 0 Å². The van der Waals surface area contributed by atoms with Crippen molar-refractivity contribution in [3.63, 3.8) is 0 Å². The summed E-state index contributed by atoms with van der Waals surface area (Å²) in [7, 11) is 1.52. The molecule has 9 nitrogen and oxygen atoms in total. The molecule has 3 aromatic heterocycles. The van der Waals surface area contributed by atoms with Crippen molar-refractivity contribution in [3.05, 3.63) is 112 Å². The maximum absolute atomic E-state index is 11.3. The van der Waals surface area contributed by atoms with Crippen LogP contribution >= 0.6 is 12.2 Å². The number of aromatic nitrogens is 3. The Morgan fingerprint density at radius 1 is 1.11 bits per heavy atom. The fourth-order valence-corrected chi connectivity index (χ4v) is 5.33. The number of nitro benzene ring substituents is 1. The Balaban J connectivity index is 1.63. The van der Waals surface area contributed by atoms with Crippen molar-refractivity contribution in [1.82, 2.24) is 24.8 Å².